The number of carbonyl (C=O) groups excluding carboxylic acids is 1. The Morgan fingerprint density at radius 3 is 2.67 bits per heavy atom. The number of ether oxygens (including phenoxy) is 2. The molecule has 0 unspecified atom stereocenters. The number of anilines is 2. The van der Waals surface area contributed by atoms with Crippen molar-refractivity contribution in [1.29, 1.82) is 0 Å². The van der Waals surface area contributed by atoms with Gasteiger partial charge in [0.1, 0.15) is 10.7 Å². The number of nitrogens with one attached hydrogen (secondary N) is 1. The molecule has 0 aliphatic carbocycles. The molecule has 21 heavy (non-hydrogen) atoms. The molecule has 0 fully saturated rings. The molecule has 3 N–H and O–H groups in total. The molecule has 0 saturated heterocycles. The van der Waals surface area contributed by atoms with E-state index < -0.39 is 0 Å². The van der Waals surface area contributed by atoms with E-state index in [4.69, 9.17) is 15.2 Å². The molecule has 0 bridgehead atoms. The summed E-state index contributed by atoms with van der Waals surface area (Å²) in [7, 11) is 3.07. The van der Waals surface area contributed by atoms with Gasteiger partial charge in [-0.15, -0.1) is 0 Å². The van der Waals surface area contributed by atoms with Crippen LogP contribution in [0.5, 0.6) is 11.5 Å². The Kier molecular flexibility index (Phi) is 4.64. The van der Waals surface area contributed by atoms with E-state index in [9.17, 15) is 4.79 Å². The van der Waals surface area contributed by atoms with Gasteiger partial charge in [0.2, 0.25) is 5.78 Å². The highest BCUT2D eigenvalue weighted by Crippen LogP contribution is 2.31. The number of carbonyl (C=O) groups is 1. The van der Waals surface area contributed by atoms with Crippen molar-refractivity contribution in [1.82, 2.24) is 4.98 Å². The molecule has 0 spiro atoms. The molecule has 0 aliphatic rings. The normalized spacial score (nSPS) is 10.2. The zero-order valence-electron chi connectivity index (χ0n) is 12.1. The van der Waals surface area contributed by atoms with E-state index in [0.29, 0.717) is 27.1 Å². The second-order valence-electron chi connectivity index (χ2n) is 4.16. The van der Waals surface area contributed by atoms with Crippen LogP contribution in [0.2, 0.25) is 0 Å². The highest BCUT2D eigenvalue weighted by atomic mass is 32.1. The van der Waals surface area contributed by atoms with E-state index in [1.807, 2.05) is 6.92 Å². The summed E-state index contributed by atoms with van der Waals surface area (Å²) < 4.78 is 10.4. The summed E-state index contributed by atoms with van der Waals surface area (Å²) in [6, 6.07) is 5.00. The lowest BCUT2D eigenvalue weighted by atomic mass is 10.1. The number of rotatable bonds is 6. The smallest absolute Gasteiger partial charge is 0.206 e. The summed E-state index contributed by atoms with van der Waals surface area (Å²) in [5.41, 5.74) is 6.30. The molecule has 0 radical (unpaired) electrons. The van der Waals surface area contributed by atoms with Crippen molar-refractivity contribution in [3.8, 4) is 11.5 Å². The Morgan fingerprint density at radius 1 is 1.33 bits per heavy atom. The van der Waals surface area contributed by atoms with Gasteiger partial charge in [0, 0.05) is 12.1 Å². The van der Waals surface area contributed by atoms with Crippen LogP contribution < -0.4 is 20.5 Å². The molecule has 0 aliphatic heterocycles. The third kappa shape index (κ3) is 3.08. The average molecular weight is 307 g/mol. The second kappa shape index (κ2) is 6.45. The predicted octanol–water partition coefficient (Wildman–Crippen LogP) is 2.41. The lowest BCUT2D eigenvalue weighted by Crippen LogP contribution is -2.03. The molecule has 2 aromatic rings. The van der Waals surface area contributed by atoms with Gasteiger partial charge in [-0.25, -0.2) is 4.98 Å². The predicted molar refractivity (Wildman–Crippen MR) is 83.7 cm³/mol. The van der Waals surface area contributed by atoms with Crippen LogP contribution in [-0.4, -0.2) is 31.5 Å². The number of ketones is 1. The summed E-state index contributed by atoms with van der Waals surface area (Å²) in [5, 5.41) is 3.68. The highest BCUT2D eigenvalue weighted by Gasteiger charge is 2.19. The lowest BCUT2D eigenvalue weighted by Gasteiger charge is -2.08. The number of aromatic nitrogens is 1. The zero-order valence-corrected chi connectivity index (χ0v) is 12.9. The van der Waals surface area contributed by atoms with E-state index >= 15 is 0 Å². The highest BCUT2D eigenvalue weighted by molar-refractivity contribution is 7.18. The van der Waals surface area contributed by atoms with Crippen LogP contribution in [-0.2, 0) is 0 Å². The second-order valence-corrected chi connectivity index (χ2v) is 5.16. The van der Waals surface area contributed by atoms with Crippen LogP contribution in [0.3, 0.4) is 0 Å². The van der Waals surface area contributed by atoms with Crippen molar-refractivity contribution >= 4 is 28.1 Å². The number of hydrogen-bond acceptors (Lipinski definition) is 7. The van der Waals surface area contributed by atoms with Crippen molar-refractivity contribution in [3.63, 3.8) is 0 Å². The van der Waals surface area contributed by atoms with Crippen LogP contribution >= 0.6 is 11.3 Å². The molecule has 1 aromatic carbocycles. The van der Waals surface area contributed by atoms with Crippen molar-refractivity contribution in [2.24, 2.45) is 0 Å². The fourth-order valence-electron chi connectivity index (χ4n) is 1.83. The number of hydrogen-bond donors (Lipinski definition) is 2. The van der Waals surface area contributed by atoms with Crippen LogP contribution in [0.1, 0.15) is 22.2 Å². The fourth-order valence-corrected chi connectivity index (χ4v) is 2.74. The summed E-state index contributed by atoms with van der Waals surface area (Å²) in [6.07, 6.45) is 0. The Hall–Kier alpha value is -2.28. The molecular weight excluding hydrogens is 290 g/mol. The van der Waals surface area contributed by atoms with Crippen molar-refractivity contribution in [2.75, 3.05) is 31.8 Å². The number of benzene rings is 1. The number of methoxy groups -OCH3 is 2. The number of nitrogens with two attached hydrogens (primary N) is 1. The monoisotopic (exact) mass is 307 g/mol. The SMILES string of the molecule is CCNc1nc(N)c(C(=O)c2ccc(OC)c(OC)c2)s1. The van der Waals surface area contributed by atoms with Gasteiger partial charge in [-0.05, 0) is 25.1 Å². The van der Waals surface area contributed by atoms with Gasteiger partial charge in [0.05, 0.1) is 14.2 Å². The molecule has 0 saturated carbocycles. The van der Waals surface area contributed by atoms with Crippen LogP contribution in [0.25, 0.3) is 0 Å². The van der Waals surface area contributed by atoms with Crippen LogP contribution in [0.15, 0.2) is 18.2 Å². The molecular formula is C14H17N3O3S. The van der Waals surface area contributed by atoms with Gasteiger partial charge in [-0.2, -0.15) is 0 Å². The molecule has 112 valence electrons. The maximum Gasteiger partial charge on any atom is 0.206 e. The van der Waals surface area contributed by atoms with Gasteiger partial charge < -0.3 is 20.5 Å². The van der Waals surface area contributed by atoms with Crippen molar-refractivity contribution in [3.05, 3.63) is 28.6 Å². The van der Waals surface area contributed by atoms with E-state index in [-0.39, 0.29) is 11.6 Å². The Morgan fingerprint density at radius 2 is 2.05 bits per heavy atom. The Balaban J connectivity index is 2.35. The fraction of sp³-hybridized carbons (Fsp3) is 0.286. The first-order chi connectivity index (χ1) is 10.1. The minimum absolute atomic E-state index is 0.185. The maximum absolute atomic E-state index is 12.5. The summed E-state index contributed by atoms with van der Waals surface area (Å²) in [4.78, 5) is 17.1. The third-order valence-corrected chi connectivity index (χ3v) is 3.86. The topological polar surface area (TPSA) is 86.5 Å². The first kappa shape index (κ1) is 15.1. The van der Waals surface area contributed by atoms with Gasteiger partial charge in [0.25, 0.3) is 0 Å². The van der Waals surface area contributed by atoms with Gasteiger partial charge in [0.15, 0.2) is 16.6 Å². The maximum atomic E-state index is 12.5. The first-order valence-electron chi connectivity index (χ1n) is 6.37. The Bertz CT molecular complexity index is 655. The summed E-state index contributed by atoms with van der Waals surface area (Å²) in [6.45, 7) is 2.67. The van der Waals surface area contributed by atoms with E-state index in [2.05, 4.69) is 10.3 Å². The van der Waals surface area contributed by atoms with Crippen molar-refractivity contribution < 1.29 is 14.3 Å². The molecule has 1 aromatic heterocycles. The number of nitrogen functional groups attached to an aromatic ring is 1. The Labute approximate surface area is 126 Å². The minimum Gasteiger partial charge on any atom is -0.493 e. The molecule has 0 amide bonds. The van der Waals surface area contributed by atoms with Gasteiger partial charge in [-0.1, -0.05) is 11.3 Å². The van der Waals surface area contributed by atoms with E-state index in [1.54, 1.807) is 25.3 Å². The quantitative estimate of drug-likeness (QED) is 0.797. The zero-order chi connectivity index (χ0) is 15.4. The summed E-state index contributed by atoms with van der Waals surface area (Å²) in [5.74, 6) is 1.11. The van der Waals surface area contributed by atoms with E-state index in [0.717, 1.165) is 6.54 Å². The van der Waals surface area contributed by atoms with Gasteiger partial charge in [-0.3, -0.25) is 4.79 Å². The largest absolute Gasteiger partial charge is 0.493 e. The van der Waals surface area contributed by atoms with Crippen LogP contribution in [0, 0.1) is 0 Å². The van der Waals surface area contributed by atoms with E-state index in [1.165, 1.54) is 18.4 Å². The third-order valence-electron chi connectivity index (χ3n) is 2.83. The average Bonchev–Trinajstić information content (AvgIpc) is 2.86. The standard InChI is InChI=1S/C14H17N3O3S/c1-4-16-14-17-13(15)12(21-14)11(18)8-5-6-9(19-2)10(7-8)20-3/h5-7H,4,15H2,1-3H3,(H,16,17). The number of thiazole rings is 1. The van der Waals surface area contributed by atoms with Crippen molar-refractivity contribution in [2.45, 2.75) is 6.92 Å². The molecule has 2 rings (SSSR count). The lowest BCUT2D eigenvalue weighted by molar-refractivity contribution is 0.104. The molecule has 7 heteroatoms. The summed E-state index contributed by atoms with van der Waals surface area (Å²) >= 11 is 1.24. The van der Waals surface area contributed by atoms with Crippen LogP contribution in [0.4, 0.5) is 10.9 Å². The molecule has 1 heterocycles. The first-order valence-corrected chi connectivity index (χ1v) is 7.19. The number of nitrogens with zero attached hydrogens (tertiary/aromatic N) is 1. The molecule has 6 nitrogen and oxygen atoms in total. The molecule has 0 atom stereocenters. The van der Waals surface area contributed by atoms with Gasteiger partial charge >= 0.3 is 0 Å². The minimum atomic E-state index is -0.185.